The number of para-hydroxylation sites is 2. The predicted octanol–water partition coefficient (Wildman–Crippen LogP) is 2.77. The van der Waals surface area contributed by atoms with E-state index in [0.717, 1.165) is 23.1 Å². The van der Waals surface area contributed by atoms with Gasteiger partial charge in [-0.25, -0.2) is 9.37 Å². The molecule has 0 aliphatic rings. The van der Waals surface area contributed by atoms with Crippen LogP contribution in [0.15, 0.2) is 54.9 Å². The summed E-state index contributed by atoms with van der Waals surface area (Å²) in [7, 11) is 0. The Morgan fingerprint density at radius 3 is 2.72 bits per heavy atom. The molecule has 0 aliphatic heterocycles. The molecule has 0 bridgehead atoms. The molecule has 0 atom stereocenters. The van der Waals surface area contributed by atoms with Crippen molar-refractivity contribution in [2.75, 3.05) is 13.1 Å². The van der Waals surface area contributed by atoms with E-state index < -0.39 is 0 Å². The van der Waals surface area contributed by atoms with Crippen molar-refractivity contribution in [1.29, 1.82) is 0 Å². The molecule has 5 nitrogen and oxygen atoms in total. The molecule has 2 aromatic carbocycles. The number of rotatable bonds is 7. The van der Waals surface area contributed by atoms with Crippen LogP contribution in [0.25, 0.3) is 11.0 Å². The minimum Gasteiger partial charge on any atom is -0.351 e. The Balaban J connectivity index is 1.56. The summed E-state index contributed by atoms with van der Waals surface area (Å²) in [6.45, 7) is 4.05. The van der Waals surface area contributed by atoms with Crippen LogP contribution in [0, 0.1) is 5.82 Å². The Morgan fingerprint density at radius 1 is 1.20 bits per heavy atom. The number of hydrogen-bond acceptors (Lipinski definition) is 3. The first kappa shape index (κ1) is 17.1. The monoisotopic (exact) mass is 340 g/mol. The smallest absolute Gasteiger partial charge is 0.234 e. The van der Waals surface area contributed by atoms with Gasteiger partial charge in [-0.1, -0.05) is 31.2 Å². The van der Waals surface area contributed by atoms with Crippen molar-refractivity contribution in [3.05, 3.63) is 66.2 Å². The maximum Gasteiger partial charge on any atom is 0.234 e. The lowest BCUT2D eigenvalue weighted by Crippen LogP contribution is -2.37. The summed E-state index contributed by atoms with van der Waals surface area (Å²) in [5, 5.41) is 2.87. The first-order chi connectivity index (χ1) is 12.2. The van der Waals surface area contributed by atoms with Gasteiger partial charge in [-0.2, -0.15) is 0 Å². The first-order valence-corrected chi connectivity index (χ1v) is 8.29. The van der Waals surface area contributed by atoms with Crippen LogP contribution in [0.1, 0.15) is 12.5 Å². The third kappa shape index (κ3) is 4.42. The van der Waals surface area contributed by atoms with Crippen molar-refractivity contribution in [2.24, 2.45) is 0 Å². The van der Waals surface area contributed by atoms with Crippen LogP contribution in [0.3, 0.4) is 0 Å². The van der Waals surface area contributed by atoms with E-state index in [4.69, 9.17) is 0 Å². The second kappa shape index (κ2) is 7.90. The molecule has 1 amide bonds. The average Bonchev–Trinajstić information content (AvgIpc) is 3.04. The second-order valence-electron chi connectivity index (χ2n) is 5.89. The third-order valence-corrected chi connectivity index (χ3v) is 4.10. The molecule has 0 unspecified atom stereocenters. The van der Waals surface area contributed by atoms with E-state index in [1.165, 1.54) is 12.1 Å². The number of halogens is 1. The number of benzene rings is 2. The molecule has 0 saturated carbocycles. The second-order valence-corrected chi connectivity index (χ2v) is 5.89. The number of aromatic nitrogens is 2. The summed E-state index contributed by atoms with van der Waals surface area (Å²) in [4.78, 5) is 18.6. The van der Waals surface area contributed by atoms with Crippen LogP contribution in [0.4, 0.5) is 4.39 Å². The van der Waals surface area contributed by atoms with Gasteiger partial charge in [0.15, 0.2) is 0 Å². The first-order valence-electron chi connectivity index (χ1n) is 8.29. The van der Waals surface area contributed by atoms with Gasteiger partial charge in [-0.3, -0.25) is 9.69 Å². The van der Waals surface area contributed by atoms with Gasteiger partial charge in [0.2, 0.25) is 5.91 Å². The number of imidazole rings is 1. The maximum atomic E-state index is 12.9. The fourth-order valence-corrected chi connectivity index (χ4v) is 2.66. The van der Waals surface area contributed by atoms with Gasteiger partial charge in [0.25, 0.3) is 0 Å². The number of hydrogen-bond donors (Lipinski definition) is 1. The maximum absolute atomic E-state index is 12.9. The van der Waals surface area contributed by atoms with E-state index in [0.29, 0.717) is 19.8 Å². The number of nitrogens with zero attached hydrogens (tertiary/aromatic N) is 3. The highest BCUT2D eigenvalue weighted by atomic mass is 19.1. The molecular weight excluding hydrogens is 319 g/mol. The van der Waals surface area contributed by atoms with E-state index in [-0.39, 0.29) is 11.7 Å². The van der Waals surface area contributed by atoms with Crippen LogP contribution >= 0.6 is 0 Å². The van der Waals surface area contributed by atoms with Crippen LogP contribution in [-0.2, 0) is 18.0 Å². The summed E-state index contributed by atoms with van der Waals surface area (Å²) in [5.41, 5.74) is 2.87. The van der Waals surface area contributed by atoms with Gasteiger partial charge < -0.3 is 9.88 Å². The Kier molecular flexibility index (Phi) is 5.40. The van der Waals surface area contributed by atoms with Gasteiger partial charge in [0, 0.05) is 6.54 Å². The quantitative estimate of drug-likeness (QED) is 0.719. The van der Waals surface area contributed by atoms with Gasteiger partial charge in [0.05, 0.1) is 30.6 Å². The van der Waals surface area contributed by atoms with Crippen molar-refractivity contribution in [3.63, 3.8) is 0 Å². The molecule has 0 fully saturated rings. The molecule has 25 heavy (non-hydrogen) atoms. The van der Waals surface area contributed by atoms with E-state index >= 15 is 0 Å². The van der Waals surface area contributed by atoms with Gasteiger partial charge in [0.1, 0.15) is 5.82 Å². The topological polar surface area (TPSA) is 50.2 Å². The van der Waals surface area contributed by atoms with E-state index in [9.17, 15) is 9.18 Å². The van der Waals surface area contributed by atoms with Gasteiger partial charge >= 0.3 is 0 Å². The zero-order valence-corrected chi connectivity index (χ0v) is 14.2. The number of nitrogens with one attached hydrogen (secondary N) is 1. The largest absolute Gasteiger partial charge is 0.351 e. The Labute approximate surface area is 146 Å². The van der Waals surface area contributed by atoms with Crippen LogP contribution < -0.4 is 5.32 Å². The molecular formula is C19H21FN4O. The molecule has 6 heteroatoms. The summed E-state index contributed by atoms with van der Waals surface area (Å²) in [5.74, 6) is -0.338. The highest BCUT2D eigenvalue weighted by molar-refractivity contribution is 5.78. The normalized spacial score (nSPS) is 11.2. The van der Waals surface area contributed by atoms with Gasteiger partial charge in [-0.05, 0) is 36.4 Å². The Bertz CT molecular complexity index is 844. The molecule has 0 radical (unpaired) electrons. The lowest BCUT2D eigenvalue weighted by molar-refractivity contribution is -0.122. The molecule has 1 heterocycles. The average molecular weight is 340 g/mol. The standard InChI is InChI=1S/C19H21FN4O/c1-2-23(14-24-13-22-17-5-3-4-6-18(17)24)12-19(25)21-11-15-7-9-16(20)10-8-15/h3-10,13H,2,11-12,14H2,1H3,(H,21,25). The highest BCUT2D eigenvalue weighted by Crippen LogP contribution is 2.12. The van der Waals surface area contributed by atoms with E-state index in [1.807, 2.05) is 40.7 Å². The van der Waals surface area contributed by atoms with Crippen LogP contribution in [-0.4, -0.2) is 33.4 Å². The van der Waals surface area contributed by atoms with Crippen LogP contribution in [0.5, 0.6) is 0 Å². The number of amides is 1. The predicted molar refractivity (Wildman–Crippen MR) is 95.2 cm³/mol. The molecule has 3 aromatic rings. The molecule has 0 aliphatic carbocycles. The van der Waals surface area contributed by atoms with Crippen molar-refractivity contribution >= 4 is 16.9 Å². The van der Waals surface area contributed by atoms with Crippen molar-refractivity contribution < 1.29 is 9.18 Å². The van der Waals surface area contributed by atoms with Crippen molar-refractivity contribution in [1.82, 2.24) is 19.8 Å². The number of fused-ring (bicyclic) bond motifs is 1. The third-order valence-electron chi connectivity index (χ3n) is 4.10. The SMILES string of the molecule is CCN(CC(=O)NCc1ccc(F)cc1)Cn1cnc2ccccc21. The molecule has 3 rings (SSSR count). The number of likely N-dealkylation sites (N-methyl/N-ethyl adjacent to an activating group) is 1. The summed E-state index contributed by atoms with van der Waals surface area (Å²) in [6.07, 6.45) is 1.80. The van der Waals surface area contributed by atoms with Crippen molar-refractivity contribution in [3.8, 4) is 0 Å². The van der Waals surface area contributed by atoms with Gasteiger partial charge in [-0.15, -0.1) is 0 Å². The van der Waals surface area contributed by atoms with E-state index in [1.54, 1.807) is 18.5 Å². The minimum absolute atomic E-state index is 0.0596. The summed E-state index contributed by atoms with van der Waals surface area (Å²) in [6, 6.07) is 14.1. The molecule has 0 spiro atoms. The fraction of sp³-hybridized carbons (Fsp3) is 0.263. The fourth-order valence-electron chi connectivity index (χ4n) is 2.66. The van der Waals surface area contributed by atoms with Crippen molar-refractivity contribution in [2.45, 2.75) is 20.1 Å². The minimum atomic E-state index is -0.278. The Hall–Kier alpha value is -2.73. The lowest BCUT2D eigenvalue weighted by atomic mass is 10.2. The number of carbonyl (C=O) groups is 1. The van der Waals surface area contributed by atoms with E-state index in [2.05, 4.69) is 10.3 Å². The molecule has 130 valence electrons. The molecule has 1 N–H and O–H groups in total. The van der Waals surface area contributed by atoms with Crippen LogP contribution in [0.2, 0.25) is 0 Å². The molecule has 0 saturated heterocycles. The summed E-state index contributed by atoms with van der Waals surface area (Å²) < 4.78 is 14.9. The molecule has 1 aromatic heterocycles. The highest BCUT2D eigenvalue weighted by Gasteiger charge is 2.11. The zero-order valence-electron chi connectivity index (χ0n) is 14.2. The summed E-state index contributed by atoms with van der Waals surface area (Å²) >= 11 is 0. The number of carbonyl (C=O) groups excluding carboxylic acids is 1. The Morgan fingerprint density at radius 2 is 1.96 bits per heavy atom. The zero-order chi connectivity index (χ0) is 17.6. The lowest BCUT2D eigenvalue weighted by Gasteiger charge is -2.20.